The lowest BCUT2D eigenvalue weighted by molar-refractivity contribution is -0.129. The zero-order valence-electron chi connectivity index (χ0n) is 16.9. The minimum atomic E-state index is -0.499. The maximum Gasteiger partial charge on any atom is 0.337 e. The molecule has 2 unspecified atom stereocenters. The third-order valence-electron chi connectivity index (χ3n) is 5.02. The van der Waals surface area contributed by atoms with Crippen molar-refractivity contribution >= 4 is 29.2 Å². The second-order valence-corrected chi connectivity index (χ2v) is 6.94. The highest BCUT2D eigenvalue weighted by Crippen LogP contribution is 2.29. The van der Waals surface area contributed by atoms with Crippen LogP contribution in [0.2, 0.25) is 0 Å². The quantitative estimate of drug-likeness (QED) is 0.562. The zero-order valence-corrected chi connectivity index (χ0v) is 16.9. The Balaban J connectivity index is 1.68. The molecular formula is C23H24N2O5. The largest absolute Gasteiger partial charge is 0.497 e. The number of hydrogen-bond acceptors (Lipinski definition) is 5. The summed E-state index contributed by atoms with van der Waals surface area (Å²) < 4.78 is 9.85. The third-order valence-corrected chi connectivity index (χ3v) is 5.02. The first-order valence-electron chi connectivity index (χ1n) is 9.61. The lowest BCUT2D eigenvalue weighted by Crippen LogP contribution is -2.37. The summed E-state index contributed by atoms with van der Waals surface area (Å²) in [6.07, 6.45) is 4.79. The number of allylic oxidation sites excluding steroid dienone is 2. The van der Waals surface area contributed by atoms with Gasteiger partial charge in [0.05, 0.1) is 31.6 Å². The van der Waals surface area contributed by atoms with Gasteiger partial charge in [-0.25, -0.2) is 4.79 Å². The molecule has 1 aliphatic carbocycles. The highest BCUT2D eigenvalue weighted by Gasteiger charge is 2.34. The van der Waals surface area contributed by atoms with Gasteiger partial charge < -0.3 is 20.1 Å². The standard InChI is InChI=1S/C23H24N2O5/c1-29-18-7-5-6-17(14-18)25-22(27)20-9-4-3-8-19(20)21(26)24-16-12-10-15(11-13-16)23(28)30-2/h3-7,10-14,19-20H,8-9H2,1-2H3,(H,24,26)(H,25,27). The molecule has 156 valence electrons. The number of ether oxygens (including phenoxy) is 2. The average Bonchev–Trinajstić information content (AvgIpc) is 2.79. The second kappa shape index (κ2) is 9.73. The summed E-state index contributed by atoms with van der Waals surface area (Å²) in [5.41, 5.74) is 1.56. The molecule has 1 aliphatic rings. The fourth-order valence-electron chi connectivity index (χ4n) is 3.37. The number of anilines is 2. The van der Waals surface area contributed by atoms with E-state index in [0.29, 0.717) is 35.5 Å². The topological polar surface area (TPSA) is 93.7 Å². The number of nitrogens with one attached hydrogen (secondary N) is 2. The van der Waals surface area contributed by atoms with Crippen molar-refractivity contribution in [2.75, 3.05) is 24.9 Å². The Morgan fingerprint density at radius 3 is 2.00 bits per heavy atom. The SMILES string of the molecule is COC(=O)c1ccc(NC(=O)C2CC=CCC2C(=O)Nc2cccc(OC)c2)cc1. The molecule has 2 aromatic rings. The highest BCUT2D eigenvalue weighted by atomic mass is 16.5. The molecule has 7 heteroatoms. The van der Waals surface area contributed by atoms with E-state index in [9.17, 15) is 14.4 Å². The lowest BCUT2D eigenvalue weighted by atomic mass is 9.81. The second-order valence-electron chi connectivity index (χ2n) is 6.94. The minimum Gasteiger partial charge on any atom is -0.497 e. The Labute approximate surface area is 175 Å². The number of esters is 1. The van der Waals surface area contributed by atoms with Crippen molar-refractivity contribution in [1.29, 1.82) is 0 Å². The zero-order chi connectivity index (χ0) is 21.5. The Morgan fingerprint density at radius 1 is 0.833 bits per heavy atom. The molecule has 0 aliphatic heterocycles. The summed E-state index contributed by atoms with van der Waals surface area (Å²) in [5.74, 6) is -1.25. The summed E-state index contributed by atoms with van der Waals surface area (Å²) in [7, 11) is 2.87. The molecule has 0 saturated carbocycles. The van der Waals surface area contributed by atoms with Crippen molar-refractivity contribution in [2.45, 2.75) is 12.8 Å². The van der Waals surface area contributed by atoms with E-state index < -0.39 is 17.8 Å². The highest BCUT2D eigenvalue weighted by molar-refractivity contribution is 6.00. The molecule has 0 aromatic heterocycles. The van der Waals surface area contributed by atoms with Gasteiger partial charge in [0.1, 0.15) is 5.75 Å². The van der Waals surface area contributed by atoms with Crippen LogP contribution < -0.4 is 15.4 Å². The molecule has 7 nitrogen and oxygen atoms in total. The van der Waals surface area contributed by atoms with Crippen LogP contribution in [-0.4, -0.2) is 32.0 Å². The van der Waals surface area contributed by atoms with Crippen LogP contribution in [0, 0.1) is 11.8 Å². The lowest BCUT2D eigenvalue weighted by Gasteiger charge is -2.26. The normalized spacial score (nSPS) is 17.7. The smallest absolute Gasteiger partial charge is 0.337 e. The summed E-state index contributed by atoms with van der Waals surface area (Å²) in [5, 5.41) is 5.72. The van der Waals surface area contributed by atoms with Crippen molar-refractivity contribution in [3.8, 4) is 5.75 Å². The molecule has 2 aromatic carbocycles. The average molecular weight is 408 g/mol. The van der Waals surface area contributed by atoms with Crippen LogP contribution in [0.3, 0.4) is 0 Å². The molecule has 2 amide bonds. The number of amides is 2. The number of rotatable bonds is 6. The molecule has 0 fully saturated rings. The van der Waals surface area contributed by atoms with E-state index in [0.717, 1.165) is 0 Å². The van der Waals surface area contributed by atoms with Crippen molar-refractivity contribution in [1.82, 2.24) is 0 Å². The van der Waals surface area contributed by atoms with E-state index in [1.54, 1.807) is 55.6 Å². The van der Waals surface area contributed by atoms with E-state index in [-0.39, 0.29) is 11.8 Å². The van der Waals surface area contributed by atoms with Gasteiger partial charge in [-0.3, -0.25) is 9.59 Å². The maximum absolute atomic E-state index is 12.9. The van der Waals surface area contributed by atoms with Gasteiger partial charge in [0.25, 0.3) is 0 Å². The number of hydrogen-bond donors (Lipinski definition) is 2. The molecule has 2 atom stereocenters. The first-order valence-corrected chi connectivity index (χ1v) is 9.61. The number of carbonyl (C=O) groups is 3. The van der Waals surface area contributed by atoms with Crippen molar-refractivity contribution in [2.24, 2.45) is 11.8 Å². The fraction of sp³-hybridized carbons (Fsp3) is 0.261. The predicted octanol–water partition coefficient (Wildman–Crippen LogP) is 3.64. The molecule has 0 heterocycles. The number of methoxy groups -OCH3 is 2. The van der Waals surface area contributed by atoms with Gasteiger partial charge >= 0.3 is 5.97 Å². The number of benzene rings is 2. The molecule has 0 saturated heterocycles. The monoisotopic (exact) mass is 408 g/mol. The van der Waals surface area contributed by atoms with Crippen LogP contribution in [-0.2, 0) is 14.3 Å². The van der Waals surface area contributed by atoms with Gasteiger partial charge in [0, 0.05) is 17.4 Å². The van der Waals surface area contributed by atoms with Crippen LogP contribution in [0.4, 0.5) is 11.4 Å². The predicted molar refractivity (Wildman–Crippen MR) is 113 cm³/mol. The molecule has 3 rings (SSSR count). The summed E-state index contributed by atoms with van der Waals surface area (Å²) in [6.45, 7) is 0. The van der Waals surface area contributed by atoms with Crippen LogP contribution >= 0.6 is 0 Å². The van der Waals surface area contributed by atoms with Crippen molar-refractivity contribution in [3.63, 3.8) is 0 Å². The Morgan fingerprint density at radius 2 is 1.43 bits per heavy atom. The first kappa shape index (κ1) is 21.1. The van der Waals surface area contributed by atoms with Gasteiger partial charge in [-0.15, -0.1) is 0 Å². The Bertz CT molecular complexity index is 952. The molecular weight excluding hydrogens is 384 g/mol. The van der Waals surface area contributed by atoms with E-state index in [4.69, 9.17) is 4.74 Å². The maximum atomic E-state index is 12.9. The summed E-state index contributed by atoms with van der Waals surface area (Å²) in [4.78, 5) is 37.3. The van der Waals surface area contributed by atoms with Crippen molar-refractivity contribution < 1.29 is 23.9 Å². The Hall–Kier alpha value is -3.61. The van der Waals surface area contributed by atoms with E-state index in [1.807, 2.05) is 12.2 Å². The van der Waals surface area contributed by atoms with E-state index in [1.165, 1.54) is 7.11 Å². The fourth-order valence-corrected chi connectivity index (χ4v) is 3.37. The van der Waals surface area contributed by atoms with Crippen LogP contribution in [0.1, 0.15) is 23.2 Å². The van der Waals surface area contributed by atoms with E-state index in [2.05, 4.69) is 15.4 Å². The van der Waals surface area contributed by atoms with Gasteiger partial charge in [0.2, 0.25) is 11.8 Å². The van der Waals surface area contributed by atoms with Crippen LogP contribution in [0.5, 0.6) is 5.75 Å². The first-order chi connectivity index (χ1) is 14.5. The van der Waals surface area contributed by atoms with E-state index >= 15 is 0 Å². The van der Waals surface area contributed by atoms with Crippen LogP contribution in [0.15, 0.2) is 60.7 Å². The van der Waals surface area contributed by atoms with Gasteiger partial charge in [-0.1, -0.05) is 18.2 Å². The minimum absolute atomic E-state index is 0.214. The number of carbonyl (C=O) groups excluding carboxylic acids is 3. The van der Waals surface area contributed by atoms with Crippen LogP contribution in [0.25, 0.3) is 0 Å². The van der Waals surface area contributed by atoms with Gasteiger partial charge in [0.15, 0.2) is 0 Å². The molecule has 0 spiro atoms. The molecule has 2 N–H and O–H groups in total. The molecule has 0 bridgehead atoms. The Kier molecular flexibility index (Phi) is 6.85. The molecule has 30 heavy (non-hydrogen) atoms. The molecule has 0 radical (unpaired) electrons. The third kappa shape index (κ3) is 5.05. The summed E-state index contributed by atoms with van der Waals surface area (Å²) >= 11 is 0. The summed E-state index contributed by atoms with van der Waals surface area (Å²) in [6, 6.07) is 13.5. The van der Waals surface area contributed by atoms with Gasteiger partial charge in [-0.05, 0) is 49.2 Å². The van der Waals surface area contributed by atoms with Gasteiger partial charge in [-0.2, -0.15) is 0 Å². The van der Waals surface area contributed by atoms with Crippen molar-refractivity contribution in [3.05, 3.63) is 66.2 Å².